The van der Waals surface area contributed by atoms with E-state index in [1.54, 1.807) is 6.07 Å². The second-order valence-electron chi connectivity index (χ2n) is 6.08. The summed E-state index contributed by atoms with van der Waals surface area (Å²) >= 11 is 6.93. The van der Waals surface area contributed by atoms with E-state index < -0.39 is 10.0 Å². The lowest BCUT2D eigenvalue weighted by molar-refractivity contribution is 0.590. The van der Waals surface area contributed by atoms with E-state index in [2.05, 4.69) is 14.9 Å². The van der Waals surface area contributed by atoms with Crippen molar-refractivity contribution < 1.29 is 8.42 Å². The Balaban J connectivity index is 1.75. The summed E-state index contributed by atoms with van der Waals surface area (Å²) < 4.78 is 28.7. The van der Waals surface area contributed by atoms with Crippen molar-refractivity contribution in [3.05, 3.63) is 52.9 Å². The minimum atomic E-state index is -3.66. The molecule has 3 aromatic rings. The fourth-order valence-electron chi connectivity index (χ4n) is 3.19. The summed E-state index contributed by atoms with van der Waals surface area (Å²) in [6, 6.07) is 14.8. The summed E-state index contributed by atoms with van der Waals surface area (Å²) in [7, 11) is -3.66. The number of nitrogens with one attached hydrogen (secondary N) is 2. The van der Waals surface area contributed by atoms with Gasteiger partial charge in [-0.3, -0.25) is 4.72 Å². The van der Waals surface area contributed by atoms with Crippen molar-refractivity contribution >= 4 is 55.1 Å². The SMILES string of the molecule is O=S(=O)(Nc1ccc(N2CCNCC2)c2ccccc12)c1ccc(Cl)s1. The highest BCUT2D eigenvalue weighted by Gasteiger charge is 2.20. The highest BCUT2D eigenvalue weighted by atomic mass is 35.5. The number of hydrogen-bond donors (Lipinski definition) is 2. The van der Waals surface area contributed by atoms with Crippen molar-refractivity contribution in [3.8, 4) is 0 Å². The third-order valence-electron chi connectivity index (χ3n) is 4.42. The summed E-state index contributed by atoms with van der Waals surface area (Å²) in [5, 5.41) is 5.28. The van der Waals surface area contributed by atoms with E-state index in [0.717, 1.165) is 54.0 Å². The number of anilines is 2. The predicted octanol–water partition coefficient (Wildman–Crippen LogP) is 3.77. The maximum atomic E-state index is 12.7. The Kier molecular flexibility index (Phi) is 4.79. The van der Waals surface area contributed by atoms with Gasteiger partial charge in [0.25, 0.3) is 10.0 Å². The normalized spacial score (nSPS) is 15.3. The molecular formula is C18H18ClN3O2S2. The largest absolute Gasteiger partial charge is 0.368 e. The second kappa shape index (κ2) is 7.08. The molecular weight excluding hydrogens is 390 g/mol. The zero-order chi connectivity index (χ0) is 18.1. The molecule has 0 radical (unpaired) electrons. The summed E-state index contributed by atoms with van der Waals surface area (Å²) in [6.45, 7) is 3.76. The number of thiophene rings is 1. The lowest BCUT2D eigenvalue weighted by atomic mass is 10.1. The Bertz CT molecular complexity index is 1040. The quantitative estimate of drug-likeness (QED) is 0.691. The zero-order valence-corrected chi connectivity index (χ0v) is 16.3. The Labute approximate surface area is 161 Å². The van der Waals surface area contributed by atoms with Gasteiger partial charge in [0.05, 0.1) is 10.0 Å². The number of fused-ring (bicyclic) bond motifs is 1. The van der Waals surface area contributed by atoms with E-state index in [-0.39, 0.29) is 4.21 Å². The fourth-order valence-corrected chi connectivity index (χ4v) is 5.75. The van der Waals surface area contributed by atoms with Gasteiger partial charge in [-0.25, -0.2) is 8.42 Å². The van der Waals surface area contributed by atoms with Gasteiger partial charge in [-0.2, -0.15) is 0 Å². The van der Waals surface area contributed by atoms with Gasteiger partial charge in [0.2, 0.25) is 0 Å². The third kappa shape index (κ3) is 3.40. The molecule has 1 aromatic heterocycles. The highest BCUT2D eigenvalue weighted by molar-refractivity contribution is 7.94. The first-order chi connectivity index (χ1) is 12.5. The molecule has 136 valence electrons. The van der Waals surface area contributed by atoms with Crippen LogP contribution in [0.1, 0.15) is 0 Å². The molecule has 2 heterocycles. The first kappa shape index (κ1) is 17.6. The number of benzene rings is 2. The lowest BCUT2D eigenvalue weighted by Gasteiger charge is -2.30. The van der Waals surface area contributed by atoms with Crippen LogP contribution < -0.4 is 14.9 Å². The van der Waals surface area contributed by atoms with Crippen molar-refractivity contribution in [1.82, 2.24) is 5.32 Å². The van der Waals surface area contributed by atoms with Crippen LogP contribution in [-0.2, 0) is 10.0 Å². The number of sulfonamides is 1. The standard InChI is InChI=1S/C18H18ClN3O2S2/c19-17-7-8-18(25-17)26(23,24)21-15-5-6-16(22-11-9-20-10-12-22)14-4-2-1-3-13(14)15/h1-8,20-21H,9-12H2. The van der Waals surface area contributed by atoms with Crippen molar-refractivity contribution in [2.45, 2.75) is 4.21 Å². The Morgan fingerprint density at radius 2 is 1.73 bits per heavy atom. The number of rotatable bonds is 4. The smallest absolute Gasteiger partial charge is 0.271 e. The molecule has 0 amide bonds. The Morgan fingerprint density at radius 1 is 1.00 bits per heavy atom. The van der Waals surface area contributed by atoms with Gasteiger partial charge in [-0.1, -0.05) is 35.9 Å². The van der Waals surface area contributed by atoms with Gasteiger partial charge >= 0.3 is 0 Å². The molecule has 26 heavy (non-hydrogen) atoms. The van der Waals surface area contributed by atoms with Crippen LogP contribution >= 0.6 is 22.9 Å². The van der Waals surface area contributed by atoms with Gasteiger partial charge in [-0.05, 0) is 24.3 Å². The van der Waals surface area contributed by atoms with Crippen molar-refractivity contribution in [2.75, 3.05) is 35.8 Å². The van der Waals surface area contributed by atoms with Crippen LogP contribution in [0.5, 0.6) is 0 Å². The van der Waals surface area contributed by atoms with Crippen LogP contribution in [0.3, 0.4) is 0 Å². The molecule has 2 N–H and O–H groups in total. The average molecular weight is 408 g/mol. The van der Waals surface area contributed by atoms with Gasteiger partial charge in [0, 0.05) is 42.6 Å². The van der Waals surface area contributed by atoms with Crippen LogP contribution in [0.25, 0.3) is 10.8 Å². The molecule has 5 nitrogen and oxygen atoms in total. The molecule has 0 atom stereocenters. The van der Waals surface area contributed by atoms with Gasteiger partial charge in [0.15, 0.2) is 0 Å². The minimum Gasteiger partial charge on any atom is -0.368 e. The number of nitrogens with zero attached hydrogens (tertiary/aromatic N) is 1. The van der Waals surface area contributed by atoms with E-state index in [0.29, 0.717) is 10.0 Å². The molecule has 0 spiro atoms. The maximum absolute atomic E-state index is 12.7. The molecule has 0 aliphatic carbocycles. The molecule has 8 heteroatoms. The van der Waals surface area contributed by atoms with E-state index in [4.69, 9.17) is 11.6 Å². The molecule has 1 aliphatic rings. The predicted molar refractivity (Wildman–Crippen MR) is 109 cm³/mol. The molecule has 1 fully saturated rings. The topological polar surface area (TPSA) is 61.4 Å². The molecule has 4 rings (SSSR count). The fraction of sp³-hybridized carbons (Fsp3) is 0.222. The molecule has 1 saturated heterocycles. The monoisotopic (exact) mass is 407 g/mol. The van der Waals surface area contributed by atoms with E-state index in [1.165, 1.54) is 6.07 Å². The van der Waals surface area contributed by atoms with Gasteiger partial charge < -0.3 is 10.2 Å². The first-order valence-electron chi connectivity index (χ1n) is 8.30. The van der Waals surface area contributed by atoms with Gasteiger partial charge in [0.1, 0.15) is 4.21 Å². The van der Waals surface area contributed by atoms with Crippen molar-refractivity contribution in [3.63, 3.8) is 0 Å². The summed E-state index contributed by atoms with van der Waals surface area (Å²) in [5.41, 5.74) is 1.70. The van der Waals surface area contributed by atoms with E-state index >= 15 is 0 Å². The highest BCUT2D eigenvalue weighted by Crippen LogP contribution is 2.34. The number of halogens is 1. The molecule has 0 bridgehead atoms. The maximum Gasteiger partial charge on any atom is 0.271 e. The second-order valence-corrected chi connectivity index (χ2v) is 9.70. The van der Waals surface area contributed by atoms with Crippen molar-refractivity contribution in [1.29, 1.82) is 0 Å². The minimum absolute atomic E-state index is 0.206. The summed E-state index contributed by atoms with van der Waals surface area (Å²) in [6.07, 6.45) is 0. The van der Waals surface area contributed by atoms with Crippen LogP contribution in [0, 0.1) is 0 Å². The number of piperazine rings is 1. The Morgan fingerprint density at radius 3 is 2.42 bits per heavy atom. The molecule has 0 unspecified atom stereocenters. The summed E-state index contributed by atoms with van der Waals surface area (Å²) in [5.74, 6) is 0. The summed E-state index contributed by atoms with van der Waals surface area (Å²) in [4.78, 5) is 2.33. The Hall–Kier alpha value is -1.80. The van der Waals surface area contributed by atoms with E-state index in [9.17, 15) is 8.42 Å². The first-order valence-corrected chi connectivity index (χ1v) is 11.0. The number of hydrogen-bond acceptors (Lipinski definition) is 5. The van der Waals surface area contributed by atoms with Crippen molar-refractivity contribution in [2.24, 2.45) is 0 Å². The third-order valence-corrected chi connectivity index (χ3v) is 7.50. The van der Waals surface area contributed by atoms with E-state index in [1.807, 2.05) is 36.4 Å². The molecule has 0 saturated carbocycles. The van der Waals surface area contributed by atoms with Crippen LogP contribution in [0.4, 0.5) is 11.4 Å². The lowest BCUT2D eigenvalue weighted by Crippen LogP contribution is -2.43. The van der Waals surface area contributed by atoms with Crippen LogP contribution in [-0.4, -0.2) is 34.6 Å². The van der Waals surface area contributed by atoms with Crippen LogP contribution in [0.15, 0.2) is 52.7 Å². The van der Waals surface area contributed by atoms with Crippen LogP contribution in [0.2, 0.25) is 4.34 Å². The average Bonchev–Trinajstić information content (AvgIpc) is 3.10. The molecule has 2 aromatic carbocycles. The zero-order valence-electron chi connectivity index (χ0n) is 13.9. The van der Waals surface area contributed by atoms with Gasteiger partial charge in [-0.15, -0.1) is 11.3 Å². The molecule has 1 aliphatic heterocycles.